The van der Waals surface area contributed by atoms with Gasteiger partial charge in [-0.3, -0.25) is 0 Å². The van der Waals surface area contributed by atoms with Gasteiger partial charge in [0.05, 0.1) is 13.2 Å². The highest BCUT2D eigenvalue weighted by molar-refractivity contribution is 5.44. The summed E-state index contributed by atoms with van der Waals surface area (Å²) in [6, 6.07) is 6.05. The average Bonchev–Trinajstić information content (AvgIpc) is 2.68. The number of hydrogen-bond acceptors (Lipinski definition) is 4. The SMILES string of the molecule is CCN(CC)CC(N)c1ccc2c(c1)OCCCO2. The summed E-state index contributed by atoms with van der Waals surface area (Å²) in [7, 11) is 0. The highest BCUT2D eigenvalue weighted by Gasteiger charge is 2.15. The highest BCUT2D eigenvalue weighted by atomic mass is 16.5. The second-order valence-electron chi connectivity index (χ2n) is 4.85. The first kappa shape index (κ1) is 14.2. The lowest BCUT2D eigenvalue weighted by Gasteiger charge is -2.23. The molecule has 0 saturated heterocycles. The van der Waals surface area contributed by atoms with Crippen LogP contribution in [0.1, 0.15) is 31.9 Å². The lowest BCUT2D eigenvalue weighted by atomic mass is 10.1. The van der Waals surface area contributed by atoms with Crippen LogP contribution in [0, 0.1) is 0 Å². The Morgan fingerprint density at radius 1 is 1.16 bits per heavy atom. The van der Waals surface area contributed by atoms with Crippen LogP contribution >= 0.6 is 0 Å². The molecule has 2 rings (SSSR count). The minimum Gasteiger partial charge on any atom is -0.490 e. The van der Waals surface area contributed by atoms with Crippen molar-refractivity contribution in [2.24, 2.45) is 5.73 Å². The Morgan fingerprint density at radius 2 is 1.84 bits per heavy atom. The van der Waals surface area contributed by atoms with Crippen LogP contribution < -0.4 is 15.2 Å². The third-order valence-corrected chi connectivity index (χ3v) is 3.55. The highest BCUT2D eigenvalue weighted by Crippen LogP contribution is 2.32. The van der Waals surface area contributed by atoms with E-state index in [1.54, 1.807) is 0 Å². The summed E-state index contributed by atoms with van der Waals surface area (Å²) in [4.78, 5) is 2.33. The van der Waals surface area contributed by atoms with Crippen molar-refractivity contribution in [1.29, 1.82) is 0 Å². The molecule has 0 aliphatic carbocycles. The molecule has 0 radical (unpaired) electrons. The predicted molar refractivity (Wildman–Crippen MR) is 76.8 cm³/mol. The number of ether oxygens (including phenoxy) is 2. The fourth-order valence-corrected chi connectivity index (χ4v) is 2.28. The number of benzene rings is 1. The molecule has 0 fully saturated rings. The molecule has 0 saturated carbocycles. The van der Waals surface area contributed by atoms with Crippen molar-refractivity contribution in [1.82, 2.24) is 4.90 Å². The molecule has 1 aromatic carbocycles. The van der Waals surface area contributed by atoms with Gasteiger partial charge in [0.25, 0.3) is 0 Å². The predicted octanol–water partition coefficient (Wildman–Crippen LogP) is 2.19. The molecule has 0 amide bonds. The third kappa shape index (κ3) is 3.61. The minimum absolute atomic E-state index is 0.0112. The Bertz CT molecular complexity index is 405. The summed E-state index contributed by atoms with van der Waals surface area (Å²) < 4.78 is 11.3. The molecule has 0 bridgehead atoms. The van der Waals surface area contributed by atoms with Gasteiger partial charge in [0.15, 0.2) is 11.5 Å². The van der Waals surface area contributed by atoms with Gasteiger partial charge in [-0.25, -0.2) is 0 Å². The van der Waals surface area contributed by atoms with E-state index in [-0.39, 0.29) is 6.04 Å². The van der Waals surface area contributed by atoms with Gasteiger partial charge in [-0.05, 0) is 30.8 Å². The average molecular weight is 264 g/mol. The van der Waals surface area contributed by atoms with Crippen LogP contribution in [0.15, 0.2) is 18.2 Å². The van der Waals surface area contributed by atoms with E-state index in [1.165, 1.54) is 0 Å². The lowest BCUT2D eigenvalue weighted by Crippen LogP contribution is -2.31. The van der Waals surface area contributed by atoms with Crippen molar-refractivity contribution in [3.8, 4) is 11.5 Å². The van der Waals surface area contributed by atoms with Crippen LogP contribution in [-0.2, 0) is 0 Å². The largest absolute Gasteiger partial charge is 0.490 e. The van der Waals surface area contributed by atoms with Gasteiger partial charge in [-0.2, -0.15) is 0 Å². The zero-order chi connectivity index (χ0) is 13.7. The smallest absolute Gasteiger partial charge is 0.161 e. The first-order valence-electron chi connectivity index (χ1n) is 7.12. The Hall–Kier alpha value is -1.26. The number of hydrogen-bond donors (Lipinski definition) is 1. The van der Waals surface area contributed by atoms with E-state index in [2.05, 4.69) is 18.7 Å². The maximum atomic E-state index is 6.28. The molecule has 4 nitrogen and oxygen atoms in total. The quantitative estimate of drug-likeness (QED) is 0.885. The standard InChI is InChI=1S/C15H24N2O2/c1-3-17(4-2)11-13(16)12-6-7-14-15(10-12)19-9-5-8-18-14/h6-7,10,13H,3-5,8-9,11,16H2,1-2H3. The number of rotatable bonds is 5. The lowest BCUT2D eigenvalue weighted by molar-refractivity contribution is 0.284. The van der Waals surface area contributed by atoms with Gasteiger partial charge in [-0.15, -0.1) is 0 Å². The molecule has 4 heteroatoms. The molecule has 106 valence electrons. The first-order chi connectivity index (χ1) is 9.24. The van der Waals surface area contributed by atoms with E-state index in [0.717, 1.165) is 49.7 Å². The normalized spacial score (nSPS) is 16.2. The minimum atomic E-state index is 0.0112. The van der Waals surface area contributed by atoms with Gasteiger partial charge in [-0.1, -0.05) is 19.9 Å². The molecule has 1 unspecified atom stereocenters. The van der Waals surface area contributed by atoms with E-state index < -0.39 is 0 Å². The fraction of sp³-hybridized carbons (Fsp3) is 0.600. The van der Waals surface area contributed by atoms with Crippen LogP contribution in [0.4, 0.5) is 0 Å². The Balaban J connectivity index is 2.10. The first-order valence-corrected chi connectivity index (χ1v) is 7.12. The van der Waals surface area contributed by atoms with Crippen molar-refractivity contribution >= 4 is 0 Å². The molecule has 1 aliphatic rings. The number of nitrogens with zero attached hydrogens (tertiary/aromatic N) is 1. The van der Waals surface area contributed by atoms with Crippen LogP contribution in [0.2, 0.25) is 0 Å². The van der Waals surface area contributed by atoms with Crippen molar-refractivity contribution in [2.75, 3.05) is 32.8 Å². The van der Waals surface area contributed by atoms with E-state index in [1.807, 2.05) is 18.2 Å². The second kappa shape index (κ2) is 6.78. The summed E-state index contributed by atoms with van der Waals surface area (Å²) >= 11 is 0. The van der Waals surface area contributed by atoms with E-state index in [0.29, 0.717) is 6.61 Å². The summed E-state index contributed by atoms with van der Waals surface area (Å²) in [6.07, 6.45) is 0.926. The van der Waals surface area contributed by atoms with Gasteiger partial charge >= 0.3 is 0 Å². The molecular weight excluding hydrogens is 240 g/mol. The molecular formula is C15H24N2O2. The van der Waals surface area contributed by atoms with E-state index in [9.17, 15) is 0 Å². The van der Waals surface area contributed by atoms with Gasteiger partial charge < -0.3 is 20.1 Å². The molecule has 1 atom stereocenters. The van der Waals surface area contributed by atoms with E-state index in [4.69, 9.17) is 15.2 Å². The molecule has 1 heterocycles. The molecule has 1 aliphatic heterocycles. The zero-order valence-electron chi connectivity index (χ0n) is 11.9. The van der Waals surface area contributed by atoms with Crippen molar-refractivity contribution < 1.29 is 9.47 Å². The monoisotopic (exact) mass is 264 g/mol. The summed E-state index contributed by atoms with van der Waals surface area (Å²) in [6.45, 7) is 8.66. The molecule has 1 aromatic rings. The van der Waals surface area contributed by atoms with Crippen LogP contribution in [0.25, 0.3) is 0 Å². The van der Waals surface area contributed by atoms with Crippen molar-refractivity contribution in [3.63, 3.8) is 0 Å². The zero-order valence-corrected chi connectivity index (χ0v) is 11.9. The molecule has 0 spiro atoms. The van der Waals surface area contributed by atoms with Gasteiger partial charge in [0, 0.05) is 19.0 Å². The Kier molecular flexibility index (Phi) is 5.05. The Morgan fingerprint density at radius 3 is 2.53 bits per heavy atom. The van der Waals surface area contributed by atoms with Crippen LogP contribution in [0.3, 0.4) is 0 Å². The molecule has 0 aromatic heterocycles. The van der Waals surface area contributed by atoms with Gasteiger partial charge in [0.2, 0.25) is 0 Å². The number of likely N-dealkylation sites (N-methyl/N-ethyl adjacent to an activating group) is 1. The van der Waals surface area contributed by atoms with Crippen LogP contribution in [-0.4, -0.2) is 37.7 Å². The number of nitrogens with two attached hydrogens (primary N) is 1. The summed E-state index contributed by atoms with van der Waals surface area (Å²) in [5, 5.41) is 0. The maximum Gasteiger partial charge on any atom is 0.161 e. The molecule has 19 heavy (non-hydrogen) atoms. The van der Waals surface area contributed by atoms with Crippen LogP contribution in [0.5, 0.6) is 11.5 Å². The molecule has 2 N–H and O–H groups in total. The summed E-state index contributed by atoms with van der Waals surface area (Å²) in [5.41, 5.74) is 7.39. The van der Waals surface area contributed by atoms with Crippen molar-refractivity contribution in [3.05, 3.63) is 23.8 Å². The Labute approximate surface area is 115 Å². The number of fused-ring (bicyclic) bond motifs is 1. The van der Waals surface area contributed by atoms with E-state index >= 15 is 0 Å². The third-order valence-electron chi connectivity index (χ3n) is 3.55. The van der Waals surface area contributed by atoms with Crippen molar-refractivity contribution in [2.45, 2.75) is 26.3 Å². The van der Waals surface area contributed by atoms with Gasteiger partial charge in [0.1, 0.15) is 0 Å². The second-order valence-corrected chi connectivity index (χ2v) is 4.85. The topological polar surface area (TPSA) is 47.7 Å². The fourth-order valence-electron chi connectivity index (χ4n) is 2.28. The maximum absolute atomic E-state index is 6.28. The summed E-state index contributed by atoms with van der Waals surface area (Å²) in [5.74, 6) is 1.65.